The quantitative estimate of drug-likeness (QED) is 0.631. The number of para-hydroxylation sites is 1. The van der Waals surface area contributed by atoms with Crippen LogP contribution < -0.4 is 5.32 Å². The number of fused-ring (bicyclic) bond motifs is 1. The Morgan fingerprint density at radius 3 is 2.75 bits per heavy atom. The van der Waals surface area contributed by atoms with Crippen LogP contribution in [0.15, 0.2) is 60.8 Å². The minimum absolute atomic E-state index is 0.0637. The minimum Gasteiger partial charge on any atom is -0.360 e. The number of amides is 2. The second-order valence-electron chi connectivity index (χ2n) is 6.92. The summed E-state index contributed by atoms with van der Waals surface area (Å²) in [6.07, 6.45) is 3.55. The van der Waals surface area contributed by atoms with Crippen molar-refractivity contribution in [2.45, 2.75) is 18.9 Å². The van der Waals surface area contributed by atoms with Crippen LogP contribution in [0.4, 0.5) is 0 Å². The first-order chi connectivity index (χ1) is 13.7. The van der Waals surface area contributed by atoms with Crippen LogP contribution in [0.2, 0.25) is 0 Å². The maximum Gasteiger partial charge on any atom is 0.257 e. The second kappa shape index (κ2) is 8.52. The number of thioether (sulfide) groups is 1. The number of nitrogens with one attached hydrogen (secondary N) is 2. The molecule has 2 heterocycles. The van der Waals surface area contributed by atoms with Crippen LogP contribution in [0, 0.1) is 0 Å². The molecule has 1 aliphatic heterocycles. The van der Waals surface area contributed by atoms with Gasteiger partial charge < -0.3 is 15.2 Å². The Bertz CT molecular complexity index is 970. The Labute approximate surface area is 168 Å². The van der Waals surface area contributed by atoms with Gasteiger partial charge in [-0.3, -0.25) is 9.59 Å². The van der Waals surface area contributed by atoms with Crippen molar-refractivity contribution in [2.24, 2.45) is 0 Å². The number of carbonyl (C=O) groups excluding carboxylic acids is 2. The lowest BCUT2D eigenvalue weighted by Gasteiger charge is -2.23. The normalized spacial score (nSPS) is 16.4. The zero-order valence-electron chi connectivity index (χ0n) is 15.6. The molecule has 1 fully saturated rings. The molecule has 1 aliphatic rings. The Morgan fingerprint density at radius 1 is 1.11 bits per heavy atom. The van der Waals surface area contributed by atoms with Gasteiger partial charge in [-0.25, -0.2) is 0 Å². The molecule has 5 nitrogen and oxygen atoms in total. The Morgan fingerprint density at radius 2 is 1.89 bits per heavy atom. The van der Waals surface area contributed by atoms with Crippen molar-refractivity contribution in [1.29, 1.82) is 0 Å². The molecule has 6 heteroatoms. The maximum absolute atomic E-state index is 13.1. The van der Waals surface area contributed by atoms with Gasteiger partial charge in [0.25, 0.3) is 5.91 Å². The predicted molar refractivity (Wildman–Crippen MR) is 113 cm³/mol. The van der Waals surface area contributed by atoms with E-state index in [0.717, 1.165) is 23.7 Å². The predicted octanol–water partition coefficient (Wildman–Crippen LogP) is 3.43. The number of hydrogen-bond donors (Lipinski definition) is 2. The van der Waals surface area contributed by atoms with E-state index >= 15 is 0 Å². The molecule has 4 rings (SSSR count). The number of rotatable bonds is 6. The van der Waals surface area contributed by atoms with Gasteiger partial charge in [0, 0.05) is 29.4 Å². The lowest BCUT2D eigenvalue weighted by molar-refractivity contribution is -0.124. The third-order valence-electron chi connectivity index (χ3n) is 5.05. The zero-order valence-corrected chi connectivity index (χ0v) is 16.4. The molecule has 0 saturated carbocycles. The van der Waals surface area contributed by atoms with Crippen LogP contribution >= 0.6 is 11.8 Å². The molecule has 1 unspecified atom stereocenters. The smallest absolute Gasteiger partial charge is 0.257 e. The molecule has 0 spiro atoms. The van der Waals surface area contributed by atoms with E-state index in [-0.39, 0.29) is 11.8 Å². The maximum atomic E-state index is 13.1. The van der Waals surface area contributed by atoms with Crippen LogP contribution in [0.25, 0.3) is 10.9 Å². The van der Waals surface area contributed by atoms with Crippen molar-refractivity contribution < 1.29 is 9.59 Å². The molecular formula is C22H23N3O2S. The number of hydrogen-bond acceptors (Lipinski definition) is 3. The van der Waals surface area contributed by atoms with E-state index in [0.29, 0.717) is 23.7 Å². The number of aromatic nitrogens is 1. The molecule has 28 heavy (non-hydrogen) atoms. The highest BCUT2D eigenvalue weighted by atomic mass is 32.2. The number of aryl methyl sites for hydroxylation is 1. The van der Waals surface area contributed by atoms with Crippen molar-refractivity contribution in [3.63, 3.8) is 0 Å². The number of carbonyl (C=O) groups is 2. The van der Waals surface area contributed by atoms with Crippen LogP contribution in [-0.4, -0.2) is 45.9 Å². The van der Waals surface area contributed by atoms with Crippen molar-refractivity contribution in [1.82, 2.24) is 15.2 Å². The summed E-state index contributed by atoms with van der Waals surface area (Å²) in [4.78, 5) is 30.6. The van der Waals surface area contributed by atoms with Gasteiger partial charge in [-0.05, 0) is 24.5 Å². The van der Waals surface area contributed by atoms with E-state index in [1.54, 1.807) is 22.9 Å². The highest BCUT2D eigenvalue weighted by Gasteiger charge is 2.35. The fourth-order valence-corrected chi connectivity index (χ4v) is 4.68. The van der Waals surface area contributed by atoms with Gasteiger partial charge in [0.05, 0.1) is 11.4 Å². The molecule has 144 valence electrons. The Balaban J connectivity index is 1.36. The first-order valence-corrected chi connectivity index (χ1v) is 10.7. The highest BCUT2D eigenvalue weighted by Crippen LogP contribution is 2.26. The van der Waals surface area contributed by atoms with E-state index in [1.807, 2.05) is 42.5 Å². The van der Waals surface area contributed by atoms with Gasteiger partial charge in [-0.1, -0.05) is 48.5 Å². The zero-order chi connectivity index (χ0) is 19.3. The van der Waals surface area contributed by atoms with E-state index in [4.69, 9.17) is 0 Å². The number of H-pyrrole nitrogens is 1. The number of benzene rings is 2. The molecule has 3 aromatic rings. The average Bonchev–Trinajstić information content (AvgIpc) is 3.39. The third kappa shape index (κ3) is 3.92. The molecule has 2 aromatic carbocycles. The van der Waals surface area contributed by atoms with E-state index in [2.05, 4.69) is 22.4 Å². The lowest BCUT2D eigenvalue weighted by atomic mass is 10.1. The van der Waals surface area contributed by atoms with Crippen molar-refractivity contribution in [3.05, 3.63) is 71.9 Å². The largest absolute Gasteiger partial charge is 0.360 e. The van der Waals surface area contributed by atoms with Crippen molar-refractivity contribution >= 4 is 34.5 Å². The van der Waals surface area contributed by atoms with Crippen LogP contribution in [0.5, 0.6) is 0 Å². The second-order valence-corrected chi connectivity index (χ2v) is 7.92. The summed E-state index contributed by atoms with van der Waals surface area (Å²) in [6, 6.07) is 17.6. The summed E-state index contributed by atoms with van der Waals surface area (Å²) in [5.74, 6) is 1.03. The van der Waals surface area contributed by atoms with Crippen LogP contribution in [-0.2, 0) is 11.2 Å². The summed E-state index contributed by atoms with van der Waals surface area (Å²) < 4.78 is 0. The first kappa shape index (κ1) is 18.6. The average molecular weight is 394 g/mol. The SMILES string of the molecule is O=C(NCCCc1ccccc1)C1CSCN1C(=O)c1c[nH]c2ccccc12. The minimum atomic E-state index is -0.414. The molecule has 0 bridgehead atoms. The van der Waals surface area contributed by atoms with Gasteiger partial charge in [0.1, 0.15) is 6.04 Å². The van der Waals surface area contributed by atoms with E-state index < -0.39 is 6.04 Å². The number of aromatic amines is 1. The molecule has 1 aromatic heterocycles. The van der Waals surface area contributed by atoms with E-state index in [1.165, 1.54) is 5.56 Å². The Hall–Kier alpha value is -2.73. The molecule has 1 saturated heterocycles. The lowest BCUT2D eigenvalue weighted by Crippen LogP contribution is -2.47. The monoisotopic (exact) mass is 393 g/mol. The summed E-state index contributed by atoms with van der Waals surface area (Å²) in [5, 5.41) is 3.90. The third-order valence-corrected chi connectivity index (χ3v) is 6.06. The molecule has 2 N–H and O–H groups in total. The molecule has 1 atom stereocenters. The fourth-order valence-electron chi connectivity index (χ4n) is 3.53. The van der Waals surface area contributed by atoms with Gasteiger partial charge >= 0.3 is 0 Å². The van der Waals surface area contributed by atoms with Gasteiger partial charge in [0.15, 0.2) is 0 Å². The molecule has 2 amide bonds. The number of nitrogens with zero attached hydrogens (tertiary/aromatic N) is 1. The van der Waals surface area contributed by atoms with Crippen molar-refractivity contribution in [3.8, 4) is 0 Å². The van der Waals surface area contributed by atoms with Gasteiger partial charge in [0.2, 0.25) is 5.91 Å². The fraction of sp³-hybridized carbons (Fsp3) is 0.273. The summed E-state index contributed by atoms with van der Waals surface area (Å²) >= 11 is 1.62. The molecular weight excluding hydrogens is 370 g/mol. The van der Waals surface area contributed by atoms with Crippen LogP contribution in [0.3, 0.4) is 0 Å². The summed E-state index contributed by atoms with van der Waals surface area (Å²) in [5.41, 5.74) is 2.82. The molecule has 0 aliphatic carbocycles. The van der Waals surface area contributed by atoms with Crippen molar-refractivity contribution in [2.75, 3.05) is 18.2 Å². The van der Waals surface area contributed by atoms with Gasteiger partial charge in [-0.15, -0.1) is 11.8 Å². The topological polar surface area (TPSA) is 65.2 Å². The van der Waals surface area contributed by atoms with E-state index in [9.17, 15) is 9.59 Å². The highest BCUT2D eigenvalue weighted by molar-refractivity contribution is 7.99. The summed E-state index contributed by atoms with van der Waals surface area (Å²) in [6.45, 7) is 0.615. The molecule has 0 radical (unpaired) electrons. The Kier molecular flexibility index (Phi) is 5.67. The first-order valence-electron chi connectivity index (χ1n) is 9.50. The van der Waals surface area contributed by atoms with Crippen LogP contribution in [0.1, 0.15) is 22.3 Å². The summed E-state index contributed by atoms with van der Waals surface area (Å²) in [7, 11) is 0. The van der Waals surface area contributed by atoms with Gasteiger partial charge in [-0.2, -0.15) is 0 Å². The standard InChI is InChI=1S/C22H23N3O2S/c26-21(23-12-6-9-16-7-2-1-3-8-16)20-14-28-15-25(20)22(27)18-13-24-19-11-5-4-10-17(18)19/h1-5,7-8,10-11,13,20,24H,6,9,12,14-15H2,(H,23,26).